The van der Waals surface area contributed by atoms with Gasteiger partial charge in [-0.25, -0.2) is 0 Å². The van der Waals surface area contributed by atoms with E-state index in [-0.39, 0.29) is 23.5 Å². The molecule has 0 fully saturated rings. The van der Waals surface area contributed by atoms with Crippen LogP contribution in [0.1, 0.15) is 26.4 Å². The molecule has 1 amide bonds. The SMILES string of the molecule is O=C(Cc1ccccn1)c1ccccc1N(O)C(=O)c1ccccc1. The van der Waals surface area contributed by atoms with E-state index in [1.54, 1.807) is 72.9 Å². The van der Waals surface area contributed by atoms with Crippen LogP contribution in [0, 0.1) is 0 Å². The molecule has 5 nitrogen and oxygen atoms in total. The zero-order valence-electron chi connectivity index (χ0n) is 13.4. The number of Topliss-reactive ketones (excluding diaryl/α,β-unsaturated/α-hetero) is 1. The average molecular weight is 332 g/mol. The Hall–Kier alpha value is -3.31. The van der Waals surface area contributed by atoms with Crippen molar-refractivity contribution in [3.63, 3.8) is 0 Å². The summed E-state index contributed by atoms with van der Waals surface area (Å²) >= 11 is 0. The first-order valence-electron chi connectivity index (χ1n) is 7.77. The minimum atomic E-state index is -0.598. The molecule has 3 rings (SSSR count). The van der Waals surface area contributed by atoms with Crippen LogP contribution in [0.3, 0.4) is 0 Å². The minimum absolute atomic E-state index is 0.0885. The summed E-state index contributed by atoms with van der Waals surface area (Å²) in [5.41, 5.74) is 1.37. The van der Waals surface area contributed by atoms with Crippen molar-refractivity contribution in [2.75, 3.05) is 5.06 Å². The van der Waals surface area contributed by atoms with Gasteiger partial charge < -0.3 is 0 Å². The van der Waals surface area contributed by atoms with Gasteiger partial charge in [-0.05, 0) is 36.4 Å². The zero-order valence-corrected chi connectivity index (χ0v) is 13.4. The van der Waals surface area contributed by atoms with Gasteiger partial charge in [0, 0.05) is 23.0 Å². The second-order valence-electron chi connectivity index (χ2n) is 5.42. The van der Waals surface area contributed by atoms with Crippen molar-refractivity contribution < 1.29 is 14.8 Å². The van der Waals surface area contributed by atoms with E-state index in [9.17, 15) is 14.8 Å². The summed E-state index contributed by atoms with van der Waals surface area (Å²) in [5, 5.41) is 10.9. The first kappa shape index (κ1) is 16.5. The van der Waals surface area contributed by atoms with E-state index in [4.69, 9.17) is 0 Å². The average Bonchev–Trinajstić information content (AvgIpc) is 2.68. The highest BCUT2D eigenvalue weighted by Gasteiger charge is 2.21. The van der Waals surface area contributed by atoms with Crippen LogP contribution < -0.4 is 5.06 Å². The summed E-state index contributed by atoms with van der Waals surface area (Å²) in [6.07, 6.45) is 1.71. The van der Waals surface area contributed by atoms with Crippen molar-refractivity contribution in [2.24, 2.45) is 0 Å². The number of carbonyl (C=O) groups excluding carboxylic acids is 2. The maximum Gasteiger partial charge on any atom is 0.282 e. The number of para-hydroxylation sites is 1. The monoisotopic (exact) mass is 332 g/mol. The Kier molecular flexibility index (Phi) is 4.97. The number of aromatic nitrogens is 1. The van der Waals surface area contributed by atoms with Gasteiger partial charge in [0.25, 0.3) is 5.91 Å². The Morgan fingerprint density at radius 2 is 1.56 bits per heavy atom. The van der Waals surface area contributed by atoms with Crippen molar-refractivity contribution in [3.8, 4) is 0 Å². The summed E-state index contributed by atoms with van der Waals surface area (Å²) in [6.45, 7) is 0. The van der Waals surface area contributed by atoms with Gasteiger partial charge in [-0.1, -0.05) is 36.4 Å². The maximum absolute atomic E-state index is 12.6. The molecule has 25 heavy (non-hydrogen) atoms. The molecule has 0 saturated carbocycles. The van der Waals surface area contributed by atoms with Crippen LogP contribution in [-0.2, 0) is 6.42 Å². The van der Waals surface area contributed by atoms with Gasteiger partial charge in [0.15, 0.2) is 5.78 Å². The molecule has 0 bridgehead atoms. The second-order valence-corrected chi connectivity index (χ2v) is 5.42. The van der Waals surface area contributed by atoms with Crippen molar-refractivity contribution >= 4 is 17.4 Å². The lowest BCUT2D eigenvalue weighted by atomic mass is 10.0. The normalized spacial score (nSPS) is 10.3. The van der Waals surface area contributed by atoms with Crippen LogP contribution in [0.15, 0.2) is 79.0 Å². The van der Waals surface area contributed by atoms with E-state index in [2.05, 4.69) is 4.98 Å². The fraction of sp³-hybridized carbons (Fsp3) is 0.0500. The number of amides is 1. The van der Waals surface area contributed by atoms with Gasteiger partial charge in [0.1, 0.15) is 0 Å². The third kappa shape index (κ3) is 3.79. The number of carbonyl (C=O) groups is 2. The number of ketones is 1. The number of hydrogen-bond acceptors (Lipinski definition) is 4. The molecule has 124 valence electrons. The van der Waals surface area contributed by atoms with Gasteiger partial charge in [0.05, 0.1) is 12.1 Å². The van der Waals surface area contributed by atoms with Crippen LogP contribution in [0.2, 0.25) is 0 Å². The Morgan fingerprint density at radius 3 is 2.28 bits per heavy atom. The largest absolute Gasteiger partial charge is 0.294 e. The smallest absolute Gasteiger partial charge is 0.282 e. The predicted molar refractivity (Wildman–Crippen MR) is 93.8 cm³/mol. The van der Waals surface area contributed by atoms with Crippen LogP contribution in [0.25, 0.3) is 0 Å². The van der Waals surface area contributed by atoms with Crippen molar-refractivity contribution in [1.29, 1.82) is 0 Å². The zero-order chi connectivity index (χ0) is 17.6. The van der Waals surface area contributed by atoms with Crippen molar-refractivity contribution in [2.45, 2.75) is 6.42 Å². The standard InChI is InChI=1S/C20H16N2O3/c23-19(14-16-10-6-7-13-21-16)17-11-4-5-12-18(17)22(25)20(24)15-8-2-1-3-9-15/h1-13,25H,14H2. The number of benzene rings is 2. The summed E-state index contributed by atoms with van der Waals surface area (Å²) in [7, 11) is 0. The third-order valence-corrected chi connectivity index (χ3v) is 3.71. The number of rotatable bonds is 5. The lowest BCUT2D eigenvalue weighted by Crippen LogP contribution is -2.28. The topological polar surface area (TPSA) is 70.5 Å². The molecule has 1 heterocycles. The molecule has 0 unspecified atom stereocenters. The molecule has 3 aromatic rings. The lowest BCUT2D eigenvalue weighted by molar-refractivity contribution is 0.0853. The van der Waals surface area contributed by atoms with Gasteiger partial charge in [-0.15, -0.1) is 0 Å². The molecule has 2 aromatic carbocycles. The summed E-state index contributed by atoms with van der Waals surface area (Å²) in [6, 6.07) is 20.2. The quantitative estimate of drug-likeness (QED) is 0.441. The molecule has 5 heteroatoms. The summed E-state index contributed by atoms with van der Waals surface area (Å²) < 4.78 is 0. The summed E-state index contributed by atoms with van der Waals surface area (Å²) in [5.74, 6) is -0.826. The van der Waals surface area contributed by atoms with E-state index < -0.39 is 5.91 Å². The minimum Gasteiger partial charge on any atom is -0.294 e. The number of anilines is 1. The molecule has 0 saturated heterocycles. The van der Waals surface area contributed by atoms with E-state index in [0.717, 1.165) is 0 Å². The van der Waals surface area contributed by atoms with E-state index >= 15 is 0 Å². The highest BCUT2D eigenvalue weighted by atomic mass is 16.5. The first-order valence-corrected chi connectivity index (χ1v) is 7.77. The Balaban J connectivity index is 1.88. The molecule has 0 aliphatic heterocycles. The first-order chi connectivity index (χ1) is 12.2. The van der Waals surface area contributed by atoms with Crippen LogP contribution in [0.5, 0.6) is 0 Å². The molecule has 1 aromatic heterocycles. The third-order valence-electron chi connectivity index (χ3n) is 3.71. The van der Waals surface area contributed by atoms with E-state index in [0.29, 0.717) is 16.3 Å². The lowest BCUT2D eigenvalue weighted by Gasteiger charge is -2.18. The van der Waals surface area contributed by atoms with Crippen LogP contribution in [-0.4, -0.2) is 21.9 Å². The van der Waals surface area contributed by atoms with E-state index in [1.807, 2.05) is 0 Å². The Bertz CT molecular complexity index is 880. The van der Waals surface area contributed by atoms with Gasteiger partial charge >= 0.3 is 0 Å². The van der Waals surface area contributed by atoms with Crippen molar-refractivity contribution in [1.82, 2.24) is 4.98 Å². The van der Waals surface area contributed by atoms with Crippen molar-refractivity contribution in [3.05, 3.63) is 95.8 Å². The predicted octanol–water partition coefficient (Wildman–Crippen LogP) is 3.54. The molecular formula is C20H16N2O3. The van der Waals surface area contributed by atoms with Gasteiger partial charge in [-0.3, -0.25) is 19.8 Å². The molecule has 0 aliphatic carbocycles. The number of hydroxylamine groups is 1. The Morgan fingerprint density at radius 1 is 0.880 bits per heavy atom. The maximum atomic E-state index is 12.6. The highest BCUT2D eigenvalue weighted by molar-refractivity contribution is 6.09. The molecule has 0 atom stereocenters. The van der Waals surface area contributed by atoms with E-state index in [1.165, 1.54) is 6.07 Å². The molecular weight excluding hydrogens is 316 g/mol. The molecule has 0 aliphatic rings. The highest BCUT2D eigenvalue weighted by Crippen LogP contribution is 2.22. The fourth-order valence-corrected chi connectivity index (χ4v) is 2.47. The number of hydrogen-bond donors (Lipinski definition) is 1. The number of pyridine rings is 1. The number of nitrogens with zero attached hydrogens (tertiary/aromatic N) is 2. The summed E-state index contributed by atoms with van der Waals surface area (Å²) in [4.78, 5) is 29.2. The van der Waals surface area contributed by atoms with Gasteiger partial charge in [0.2, 0.25) is 0 Å². The molecule has 0 radical (unpaired) electrons. The fourth-order valence-electron chi connectivity index (χ4n) is 2.47. The molecule has 0 spiro atoms. The second kappa shape index (κ2) is 7.51. The molecule has 1 N–H and O–H groups in total. The van der Waals surface area contributed by atoms with Gasteiger partial charge in [-0.2, -0.15) is 5.06 Å². The van der Waals surface area contributed by atoms with Crippen LogP contribution >= 0.6 is 0 Å². The Labute approximate surface area is 145 Å². The van der Waals surface area contributed by atoms with Crippen LogP contribution in [0.4, 0.5) is 5.69 Å².